The monoisotopic (exact) mass is 407 g/mol. The summed E-state index contributed by atoms with van der Waals surface area (Å²) in [5.74, 6) is 0.640. The molecule has 0 spiro atoms. The van der Waals surface area contributed by atoms with Gasteiger partial charge in [-0.2, -0.15) is 0 Å². The summed E-state index contributed by atoms with van der Waals surface area (Å²) in [6, 6.07) is 10.5. The quantitative estimate of drug-likeness (QED) is 0.613. The van der Waals surface area contributed by atoms with E-state index in [9.17, 15) is 4.79 Å². The molecule has 3 rings (SSSR count). The number of amides is 1. The number of hydrogen-bond acceptors (Lipinski definition) is 5. The number of rotatable bonds is 6. The zero-order valence-electron chi connectivity index (χ0n) is 13.8. The lowest BCUT2D eigenvalue weighted by atomic mass is 10.3. The minimum Gasteiger partial charge on any atom is -0.324 e. The van der Waals surface area contributed by atoms with Crippen molar-refractivity contribution in [3.8, 4) is 11.5 Å². The van der Waals surface area contributed by atoms with Crippen LogP contribution in [0.15, 0.2) is 47.8 Å². The maximum Gasteiger partial charge on any atom is 0.234 e. The maximum atomic E-state index is 12.2. The van der Waals surface area contributed by atoms with Crippen LogP contribution in [-0.2, 0) is 11.3 Å². The topological polar surface area (TPSA) is 72.7 Å². The normalized spacial score (nSPS) is 10.7. The Bertz CT molecular complexity index is 917. The van der Waals surface area contributed by atoms with E-state index in [0.29, 0.717) is 33.3 Å². The molecule has 0 aliphatic rings. The number of anilines is 1. The van der Waals surface area contributed by atoms with E-state index < -0.39 is 0 Å². The number of halogens is 2. The number of hydrogen-bond donors (Lipinski definition) is 1. The average molecular weight is 408 g/mol. The van der Waals surface area contributed by atoms with Gasteiger partial charge < -0.3 is 9.88 Å². The predicted octanol–water partition coefficient (Wildman–Crippen LogP) is 4.40. The lowest BCUT2D eigenvalue weighted by Crippen LogP contribution is -2.15. The first-order chi connectivity index (χ1) is 12.6. The Kier molecular flexibility index (Phi) is 6.13. The highest BCUT2D eigenvalue weighted by Gasteiger charge is 2.15. The number of carbonyl (C=O) groups excluding carboxylic acids is 1. The molecule has 0 atom stereocenters. The lowest BCUT2D eigenvalue weighted by Gasteiger charge is -2.08. The molecule has 3 aromatic rings. The van der Waals surface area contributed by atoms with Crippen LogP contribution in [0.3, 0.4) is 0 Å². The third-order valence-electron chi connectivity index (χ3n) is 3.46. The molecule has 26 heavy (non-hydrogen) atoms. The van der Waals surface area contributed by atoms with Crippen molar-refractivity contribution in [2.24, 2.45) is 0 Å². The van der Waals surface area contributed by atoms with Crippen molar-refractivity contribution in [3.05, 3.63) is 52.6 Å². The van der Waals surface area contributed by atoms with Crippen LogP contribution >= 0.6 is 35.0 Å². The van der Waals surface area contributed by atoms with E-state index >= 15 is 0 Å². The van der Waals surface area contributed by atoms with Gasteiger partial charge in [-0.25, -0.2) is 0 Å². The number of benzene rings is 1. The van der Waals surface area contributed by atoms with Gasteiger partial charge in [-0.15, -0.1) is 10.2 Å². The molecule has 1 N–H and O–H groups in total. The minimum atomic E-state index is -0.204. The Labute approximate surface area is 164 Å². The summed E-state index contributed by atoms with van der Waals surface area (Å²) in [5.41, 5.74) is 1.22. The fourth-order valence-electron chi connectivity index (χ4n) is 2.27. The van der Waals surface area contributed by atoms with Crippen molar-refractivity contribution >= 4 is 46.6 Å². The smallest absolute Gasteiger partial charge is 0.234 e. The second-order valence-corrected chi connectivity index (χ2v) is 7.01. The Balaban J connectivity index is 1.69. The molecule has 0 unspecified atom stereocenters. The molecule has 0 bridgehead atoms. The van der Waals surface area contributed by atoms with Gasteiger partial charge in [0.25, 0.3) is 0 Å². The highest BCUT2D eigenvalue weighted by Crippen LogP contribution is 2.26. The molecule has 2 aromatic heterocycles. The van der Waals surface area contributed by atoms with Gasteiger partial charge in [-0.1, -0.05) is 41.0 Å². The first-order valence-corrected chi connectivity index (χ1v) is 9.55. The molecule has 0 saturated heterocycles. The van der Waals surface area contributed by atoms with Crippen molar-refractivity contribution < 1.29 is 4.79 Å². The van der Waals surface area contributed by atoms with Gasteiger partial charge in [0.05, 0.1) is 16.5 Å². The second-order valence-electron chi connectivity index (χ2n) is 5.23. The zero-order valence-corrected chi connectivity index (χ0v) is 16.1. The standard InChI is InChI=1S/C17H15Cl2N5OS/c1-2-24-16(13-5-3-4-8-20-13)22-23-17(24)26-10-15(25)21-14-9-11(18)6-7-12(14)19/h3-9H,2,10H2,1H3,(H,21,25). The van der Waals surface area contributed by atoms with Gasteiger partial charge in [0.15, 0.2) is 11.0 Å². The van der Waals surface area contributed by atoms with Gasteiger partial charge in [0.1, 0.15) is 5.69 Å². The second kappa shape index (κ2) is 8.53. The Morgan fingerprint density at radius 3 is 2.81 bits per heavy atom. The largest absolute Gasteiger partial charge is 0.324 e. The third kappa shape index (κ3) is 4.35. The maximum absolute atomic E-state index is 12.2. The summed E-state index contributed by atoms with van der Waals surface area (Å²) in [5, 5.41) is 12.7. The molecule has 0 aliphatic heterocycles. The van der Waals surface area contributed by atoms with Crippen molar-refractivity contribution in [2.45, 2.75) is 18.6 Å². The van der Waals surface area contributed by atoms with E-state index in [-0.39, 0.29) is 11.7 Å². The molecule has 2 heterocycles. The number of carbonyl (C=O) groups is 1. The van der Waals surface area contributed by atoms with Gasteiger partial charge in [-0.3, -0.25) is 9.78 Å². The summed E-state index contributed by atoms with van der Waals surface area (Å²) in [4.78, 5) is 16.5. The van der Waals surface area contributed by atoms with Crippen LogP contribution in [0, 0.1) is 0 Å². The van der Waals surface area contributed by atoms with Crippen LogP contribution in [0.25, 0.3) is 11.5 Å². The number of aromatic nitrogens is 4. The summed E-state index contributed by atoms with van der Waals surface area (Å²) >= 11 is 13.3. The fourth-order valence-corrected chi connectivity index (χ4v) is 3.41. The molecule has 0 fully saturated rings. The number of thioether (sulfide) groups is 1. The van der Waals surface area contributed by atoms with Gasteiger partial charge in [0, 0.05) is 17.8 Å². The van der Waals surface area contributed by atoms with E-state index in [4.69, 9.17) is 23.2 Å². The van der Waals surface area contributed by atoms with E-state index in [0.717, 1.165) is 5.69 Å². The molecule has 1 aromatic carbocycles. The van der Waals surface area contributed by atoms with Gasteiger partial charge in [-0.05, 0) is 37.3 Å². The zero-order chi connectivity index (χ0) is 18.5. The molecule has 9 heteroatoms. The SMILES string of the molecule is CCn1c(SCC(=O)Nc2cc(Cl)ccc2Cl)nnc1-c1ccccn1. The van der Waals surface area contributed by atoms with Crippen molar-refractivity contribution in [2.75, 3.05) is 11.1 Å². The molecular weight excluding hydrogens is 393 g/mol. The minimum absolute atomic E-state index is 0.170. The van der Waals surface area contributed by atoms with E-state index in [1.807, 2.05) is 29.7 Å². The summed E-state index contributed by atoms with van der Waals surface area (Å²) in [6.45, 7) is 2.66. The van der Waals surface area contributed by atoms with E-state index in [2.05, 4.69) is 20.5 Å². The Hall–Kier alpha value is -2.09. The highest BCUT2D eigenvalue weighted by molar-refractivity contribution is 7.99. The highest BCUT2D eigenvalue weighted by atomic mass is 35.5. The lowest BCUT2D eigenvalue weighted by molar-refractivity contribution is -0.113. The first kappa shape index (κ1) is 18.7. The number of nitrogens with one attached hydrogen (secondary N) is 1. The summed E-state index contributed by atoms with van der Waals surface area (Å²) in [7, 11) is 0. The Morgan fingerprint density at radius 2 is 2.08 bits per heavy atom. The molecule has 0 saturated carbocycles. The average Bonchev–Trinajstić information content (AvgIpc) is 3.06. The molecule has 0 radical (unpaired) electrons. The van der Waals surface area contributed by atoms with Crippen LogP contribution in [0.1, 0.15) is 6.92 Å². The van der Waals surface area contributed by atoms with Crippen LogP contribution in [0.2, 0.25) is 10.0 Å². The van der Waals surface area contributed by atoms with Gasteiger partial charge >= 0.3 is 0 Å². The van der Waals surface area contributed by atoms with Crippen molar-refractivity contribution in [1.82, 2.24) is 19.7 Å². The third-order valence-corrected chi connectivity index (χ3v) is 4.99. The molecule has 1 amide bonds. The van der Waals surface area contributed by atoms with Gasteiger partial charge in [0.2, 0.25) is 5.91 Å². The van der Waals surface area contributed by atoms with Crippen molar-refractivity contribution in [1.29, 1.82) is 0 Å². The number of pyridine rings is 1. The summed E-state index contributed by atoms with van der Waals surface area (Å²) < 4.78 is 1.92. The molecule has 134 valence electrons. The van der Waals surface area contributed by atoms with Crippen LogP contribution in [0.4, 0.5) is 5.69 Å². The molecule has 0 aliphatic carbocycles. The van der Waals surface area contributed by atoms with E-state index in [1.165, 1.54) is 11.8 Å². The Morgan fingerprint density at radius 1 is 1.23 bits per heavy atom. The fraction of sp³-hybridized carbons (Fsp3) is 0.176. The number of nitrogens with zero attached hydrogens (tertiary/aromatic N) is 4. The van der Waals surface area contributed by atoms with Crippen LogP contribution in [-0.4, -0.2) is 31.4 Å². The van der Waals surface area contributed by atoms with Crippen molar-refractivity contribution in [3.63, 3.8) is 0 Å². The van der Waals surface area contributed by atoms with E-state index in [1.54, 1.807) is 24.4 Å². The van der Waals surface area contributed by atoms with Crippen LogP contribution in [0.5, 0.6) is 0 Å². The first-order valence-electron chi connectivity index (χ1n) is 7.80. The molecule has 6 nitrogen and oxygen atoms in total. The summed E-state index contributed by atoms with van der Waals surface area (Å²) in [6.07, 6.45) is 1.71. The predicted molar refractivity (Wildman–Crippen MR) is 105 cm³/mol. The van der Waals surface area contributed by atoms with Crippen LogP contribution < -0.4 is 5.32 Å². The molecular formula is C17H15Cl2N5OS.